The van der Waals surface area contributed by atoms with Crippen molar-refractivity contribution in [2.24, 2.45) is 0 Å². The van der Waals surface area contributed by atoms with Crippen LogP contribution >= 0.6 is 0 Å². The number of imidazole rings is 1. The molecule has 7 heteroatoms. The third kappa shape index (κ3) is 2.68. The Kier molecular flexibility index (Phi) is 3.74. The highest BCUT2D eigenvalue weighted by atomic mass is 16.5. The van der Waals surface area contributed by atoms with Crippen molar-refractivity contribution in [2.75, 3.05) is 38.2 Å². The molecule has 0 unspecified atom stereocenters. The quantitative estimate of drug-likeness (QED) is 0.777. The summed E-state index contributed by atoms with van der Waals surface area (Å²) < 4.78 is 7.32. The fourth-order valence-electron chi connectivity index (χ4n) is 3.58. The number of hydrogen-bond acceptors (Lipinski definition) is 6. The first-order chi connectivity index (χ1) is 12.8. The third-order valence-corrected chi connectivity index (χ3v) is 5.11. The smallest absolute Gasteiger partial charge is 0.213 e. The SMILES string of the molecule is COc1cc(-c2c(C3CC3)nc3ccc(N4CCNCC4)nn23)ccn1. The monoisotopic (exact) mass is 350 g/mol. The maximum atomic E-state index is 5.32. The molecule has 0 amide bonds. The summed E-state index contributed by atoms with van der Waals surface area (Å²) in [6, 6.07) is 8.14. The Balaban J connectivity index is 1.66. The molecule has 1 aliphatic carbocycles. The molecule has 26 heavy (non-hydrogen) atoms. The van der Waals surface area contributed by atoms with Gasteiger partial charge in [0.1, 0.15) is 5.82 Å². The summed E-state index contributed by atoms with van der Waals surface area (Å²) in [5.41, 5.74) is 4.16. The molecule has 0 aromatic carbocycles. The molecule has 1 saturated carbocycles. The van der Waals surface area contributed by atoms with Crippen molar-refractivity contribution in [3.63, 3.8) is 0 Å². The number of anilines is 1. The normalized spacial score (nSPS) is 17.7. The molecule has 2 fully saturated rings. The van der Waals surface area contributed by atoms with Crippen molar-refractivity contribution >= 4 is 11.5 Å². The van der Waals surface area contributed by atoms with Gasteiger partial charge in [-0.2, -0.15) is 0 Å². The van der Waals surface area contributed by atoms with Crippen LogP contribution in [-0.2, 0) is 0 Å². The van der Waals surface area contributed by atoms with Crippen LogP contribution in [0, 0.1) is 0 Å². The van der Waals surface area contributed by atoms with Crippen LogP contribution in [0.15, 0.2) is 30.5 Å². The van der Waals surface area contributed by atoms with Gasteiger partial charge in [0.05, 0.1) is 18.5 Å². The number of pyridine rings is 1. The highest BCUT2D eigenvalue weighted by Gasteiger charge is 2.31. The van der Waals surface area contributed by atoms with Crippen LogP contribution in [-0.4, -0.2) is 52.9 Å². The number of aromatic nitrogens is 4. The first-order valence-electron chi connectivity index (χ1n) is 9.19. The summed E-state index contributed by atoms with van der Waals surface area (Å²) in [4.78, 5) is 11.5. The van der Waals surface area contributed by atoms with Crippen molar-refractivity contribution in [1.82, 2.24) is 24.9 Å². The average molecular weight is 350 g/mol. The van der Waals surface area contributed by atoms with E-state index in [0.717, 1.165) is 54.6 Å². The van der Waals surface area contributed by atoms with E-state index in [1.807, 2.05) is 16.6 Å². The Hall–Kier alpha value is -2.67. The van der Waals surface area contributed by atoms with Gasteiger partial charge < -0.3 is 15.0 Å². The lowest BCUT2D eigenvalue weighted by atomic mass is 10.1. The van der Waals surface area contributed by atoms with Gasteiger partial charge in [-0.1, -0.05) is 0 Å². The molecule has 0 radical (unpaired) electrons. The first-order valence-corrected chi connectivity index (χ1v) is 9.19. The van der Waals surface area contributed by atoms with E-state index in [-0.39, 0.29) is 0 Å². The lowest BCUT2D eigenvalue weighted by Gasteiger charge is -2.28. The second-order valence-electron chi connectivity index (χ2n) is 6.91. The fraction of sp³-hybridized carbons (Fsp3) is 0.421. The van der Waals surface area contributed by atoms with Gasteiger partial charge in [-0.05, 0) is 31.0 Å². The molecule has 3 aromatic rings. The molecule has 1 saturated heterocycles. The van der Waals surface area contributed by atoms with Crippen LogP contribution in [0.2, 0.25) is 0 Å². The zero-order chi connectivity index (χ0) is 17.5. The Morgan fingerprint density at radius 3 is 2.77 bits per heavy atom. The molecule has 7 nitrogen and oxygen atoms in total. The molecule has 0 bridgehead atoms. The standard InChI is InChI=1S/C19H22N6O/c1-26-17-12-14(6-7-21-17)19-18(13-2-3-13)22-15-4-5-16(23-25(15)19)24-10-8-20-9-11-24/h4-7,12-13,20H,2-3,8-11H2,1H3. The summed E-state index contributed by atoms with van der Waals surface area (Å²) in [6.07, 6.45) is 4.18. The van der Waals surface area contributed by atoms with E-state index >= 15 is 0 Å². The zero-order valence-corrected chi connectivity index (χ0v) is 14.9. The molecule has 0 atom stereocenters. The number of piperazine rings is 1. The molecule has 4 heterocycles. The lowest BCUT2D eigenvalue weighted by Crippen LogP contribution is -2.44. The minimum absolute atomic E-state index is 0.536. The Bertz CT molecular complexity index is 942. The van der Waals surface area contributed by atoms with E-state index in [0.29, 0.717) is 11.8 Å². The van der Waals surface area contributed by atoms with Crippen LogP contribution in [0.25, 0.3) is 16.9 Å². The van der Waals surface area contributed by atoms with Gasteiger partial charge in [0.2, 0.25) is 5.88 Å². The van der Waals surface area contributed by atoms with E-state index in [1.165, 1.54) is 12.8 Å². The zero-order valence-electron chi connectivity index (χ0n) is 14.9. The Morgan fingerprint density at radius 2 is 2.00 bits per heavy atom. The number of nitrogens with one attached hydrogen (secondary N) is 1. The van der Waals surface area contributed by atoms with E-state index in [1.54, 1.807) is 13.3 Å². The minimum Gasteiger partial charge on any atom is -0.481 e. The molecule has 5 rings (SSSR count). The molecule has 2 aliphatic rings. The minimum atomic E-state index is 0.536. The van der Waals surface area contributed by atoms with E-state index in [4.69, 9.17) is 14.8 Å². The largest absolute Gasteiger partial charge is 0.481 e. The second-order valence-corrected chi connectivity index (χ2v) is 6.91. The topological polar surface area (TPSA) is 67.6 Å². The Morgan fingerprint density at radius 1 is 1.15 bits per heavy atom. The number of hydrogen-bond donors (Lipinski definition) is 1. The fourth-order valence-corrected chi connectivity index (χ4v) is 3.58. The van der Waals surface area contributed by atoms with Crippen molar-refractivity contribution in [2.45, 2.75) is 18.8 Å². The average Bonchev–Trinajstić information content (AvgIpc) is 3.48. The molecule has 1 N–H and O–H groups in total. The van der Waals surface area contributed by atoms with Gasteiger partial charge >= 0.3 is 0 Å². The molecular formula is C19H22N6O. The predicted octanol–water partition coefficient (Wildman–Crippen LogP) is 2.09. The summed E-state index contributed by atoms with van der Waals surface area (Å²) in [7, 11) is 1.64. The van der Waals surface area contributed by atoms with Crippen molar-refractivity contribution in [3.05, 3.63) is 36.2 Å². The molecular weight excluding hydrogens is 328 g/mol. The third-order valence-electron chi connectivity index (χ3n) is 5.11. The lowest BCUT2D eigenvalue weighted by molar-refractivity contribution is 0.398. The summed E-state index contributed by atoms with van der Waals surface area (Å²) in [6.45, 7) is 3.93. The number of nitrogens with zero attached hydrogens (tertiary/aromatic N) is 5. The van der Waals surface area contributed by atoms with Crippen LogP contribution in [0.4, 0.5) is 5.82 Å². The molecule has 3 aromatic heterocycles. The summed E-state index contributed by atoms with van der Waals surface area (Å²) in [5, 5.41) is 8.34. The first kappa shape index (κ1) is 15.6. The van der Waals surface area contributed by atoms with Gasteiger partial charge in [-0.25, -0.2) is 14.5 Å². The molecule has 134 valence electrons. The van der Waals surface area contributed by atoms with Crippen LogP contribution < -0.4 is 15.0 Å². The van der Waals surface area contributed by atoms with Gasteiger partial charge in [0, 0.05) is 49.9 Å². The number of fused-ring (bicyclic) bond motifs is 1. The summed E-state index contributed by atoms with van der Waals surface area (Å²) in [5.74, 6) is 2.15. The maximum Gasteiger partial charge on any atom is 0.213 e. The van der Waals surface area contributed by atoms with E-state index in [2.05, 4.69) is 27.3 Å². The maximum absolute atomic E-state index is 5.32. The van der Waals surface area contributed by atoms with Gasteiger partial charge in [-0.15, -0.1) is 5.10 Å². The van der Waals surface area contributed by atoms with E-state index in [9.17, 15) is 0 Å². The number of ether oxygens (including phenoxy) is 1. The van der Waals surface area contributed by atoms with Crippen LogP contribution in [0.1, 0.15) is 24.5 Å². The van der Waals surface area contributed by atoms with Gasteiger partial charge in [0.25, 0.3) is 0 Å². The van der Waals surface area contributed by atoms with Gasteiger partial charge in [-0.3, -0.25) is 0 Å². The molecule has 1 aliphatic heterocycles. The highest BCUT2D eigenvalue weighted by Crippen LogP contribution is 2.44. The predicted molar refractivity (Wildman–Crippen MR) is 99.8 cm³/mol. The van der Waals surface area contributed by atoms with Gasteiger partial charge in [0.15, 0.2) is 5.65 Å². The highest BCUT2D eigenvalue weighted by molar-refractivity contribution is 5.69. The summed E-state index contributed by atoms with van der Waals surface area (Å²) >= 11 is 0. The van der Waals surface area contributed by atoms with Crippen molar-refractivity contribution in [1.29, 1.82) is 0 Å². The number of methoxy groups -OCH3 is 1. The van der Waals surface area contributed by atoms with Crippen molar-refractivity contribution < 1.29 is 4.74 Å². The van der Waals surface area contributed by atoms with Crippen LogP contribution in [0.3, 0.4) is 0 Å². The molecule has 0 spiro atoms. The Labute approximate surface area is 152 Å². The van der Waals surface area contributed by atoms with E-state index < -0.39 is 0 Å². The number of rotatable bonds is 4. The van der Waals surface area contributed by atoms with Crippen molar-refractivity contribution in [3.8, 4) is 17.1 Å². The second kappa shape index (κ2) is 6.25. The van der Waals surface area contributed by atoms with Crippen LogP contribution in [0.5, 0.6) is 5.88 Å².